The molecule has 2 rings (SSSR count). The SMILES string of the molecule is Cc1cccc(C(C)NC(c2ccccc2)C(C)(C)C)c1. The van der Waals surface area contributed by atoms with Crippen LogP contribution in [0.1, 0.15) is 56.5 Å². The molecule has 2 aromatic carbocycles. The third-order valence-electron chi connectivity index (χ3n) is 3.96. The topological polar surface area (TPSA) is 12.0 Å². The van der Waals surface area contributed by atoms with Crippen molar-refractivity contribution in [2.24, 2.45) is 5.41 Å². The second kappa shape index (κ2) is 6.44. The van der Waals surface area contributed by atoms with Gasteiger partial charge in [0, 0.05) is 12.1 Å². The van der Waals surface area contributed by atoms with Crippen LogP contribution < -0.4 is 5.32 Å². The quantitative estimate of drug-likeness (QED) is 0.787. The molecule has 1 N–H and O–H groups in total. The molecule has 0 bridgehead atoms. The third kappa shape index (κ3) is 4.18. The van der Waals surface area contributed by atoms with Gasteiger partial charge in [0.05, 0.1) is 0 Å². The van der Waals surface area contributed by atoms with Crippen molar-refractivity contribution < 1.29 is 0 Å². The van der Waals surface area contributed by atoms with Crippen LogP contribution in [0.15, 0.2) is 54.6 Å². The van der Waals surface area contributed by atoms with Crippen LogP contribution in [0.25, 0.3) is 0 Å². The molecular weight excluding hydrogens is 254 g/mol. The Kier molecular flexibility index (Phi) is 4.84. The molecule has 0 aliphatic heterocycles. The lowest BCUT2D eigenvalue weighted by molar-refractivity contribution is 0.254. The molecule has 21 heavy (non-hydrogen) atoms. The molecule has 0 spiro atoms. The molecule has 112 valence electrons. The number of benzene rings is 2. The first-order valence-electron chi connectivity index (χ1n) is 7.75. The summed E-state index contributed by atoms with van der Waals surface area (Å²) in [7, 11) is 0. The Bertz CT molecular complexity index is 566. The van der Waals surface area contributed by atoms with E-state index in [2.05, 4.69) is 94.5 Å². The van der Waals surface area contributed by atoms with Gasteiger partial charge in [-0.05, 0) is 30.4 Å². The maximum atomic E-state index is 3.82. The Balaban J connectivity index is 2.24. The van der Waals surface area contributed by atoms with Crippen LogP contribution >= 0.6 is 0 Å². The second-order valence-corrected chi connectivity index (χ2v) is 7.01. The van der Waals surface area contributed by atoms with Crippen molar-refractivity contribution in [1.82, 2.24) is 5.32 Å². The molecule has 2 aromatic rings. The minimum Gasteiger partial charge on any atom is -0.303 e. The lowest BCUT2D eigenvalue weighted by atomic mass is 9.81. The summed E-state index contributed by atoms with van der Waals surface area (Å²) in [6.45, 7) is 11.3. The summed E-state index contributed by atoms with van der Waals surface area (Å²) in [6.07, 6.45) is 0. The van der Waals surface area contributed by atoms with Crippen LogP contribution in [0.3, 0.4) is 0 Å². The van der Waals surface area contributed by atoms with Crippen molar-refractivity contribution in [2.75, 3.05) is 0 Å². The van der Waals surface area contributed by atoms with E-state index in [1.807, 2.05) is 0 Å². The Morgan fingerprint density at radius 3 is 2.05 bits per heavy atom. The van der Waals surface area contributed by atoms with Gasteiger partial charge in [0.1, 0.15) is 0 Å². The molecule has 0 aliphatic carbocycles. The van der Waals surface area contributed by atoms with Gasteiger partial charge in [0.2, 0.25) is 0 Å². The van der Waals surface area contributed by atoms with Gasteiger partial charge in [-0.15, -0.1) is 0 Å². The van der Waals surface area contributed by atoms with Gasteiger partial charge in [-0.2, -0.15) is 0 Å². The molecule has 0 saturated carbocycles. The van der Waals surface area contributed by atoms with Gasteiger partial charge in [0.25, 0.3) is 0 Å². The van der Waals surface area contributed by atoms with Crippen LogP contribution in [0.4, 0.5) is 0 Å². The van der Waals surface area contributed by atoms with Gasteiger partial charge < -0.3 is 5.32 Å². The van der Waals surface area contributed by atoms with Crippen molar-refractivity contribution in [3.63, 3.8) is 0 Å². The smallest absolute Gasteiger partial charge is 0.0374 e. The van der Waals surface area contributed by atoms with Crippen LogP contribution in [0.2, 0.25) is 0 Å². The van der Waals surface area contributed by atoms with E-state index in [0.717, 1.165) is 0 Å². The molecule has 0 radical (unpaired) electrons. The van der Waals surface area contributed by atoms with Crippen molar-refractivity contribution in [3.05, 3.63) is 71.3 Å². The first kappa shape index (κ1) is 15.8. The summed E-state index contributed by atoms with van der Waals surface area (Å²) in [5.74, 6) is 0. The molecular formula is C20H27N. The molecule has 0 fully saturated rings. The highest BCUT2D eigenvalue weighted by Crippen LogP contribution is 2.34. The van der Waals surface area contributed by atoms with Crippen molar-refractivity contribution >= 4 is 0 Å². The predicted octanol–water partition coefficient (Wildman–Crippen LogP) is 5.43. The molecule has 1 heteroatoms. The molecule has 2 atom stereocenters. The maximum Gasteiger partial charge on any atom is 0.0374 e. The van der Waals surface area contributed by atoms with E-state index in [-0.39, 0.29) is 5.41 Å². The lowest BCUT2D eigenvalue weighted by Gasteiger charge is -2.35. The number of rotatable bonds is 4. The third-order valence-corrected chi connectivity index (χ3v) is 3.96. The zero-order valence-corrected chi connectivity index (χ0v) is 13.9. The fraction of sp³-hybridized carbons (Fsp3) is 0.400. The van der Waals surface area contributed by atoms with Crippen molar-refractivity contribution in [2.45, 2.75) is 46.7 Å². The summed E-state index contributed by atoms with van der Waals surface area (Å²) < 4.78 is 0. The Morgan fingerprint density at radius 2 is 1.48 bits per heavy atom. The maximum absolute atomic E-state index is 3.82. The summed E-state index contributed by atoms with van der Waals surface area (Å²) in [5, 5.41) is 3.82. The molecule has 0 amide bonds. The zero-order valence-electron chi connectivity index (χ0n) is 13.9. The highest BCUT2D eigenvalue weighted by molar-refractivity contribution is 5.26. The fourth-order valence-corrected chi connectivity index (χ4v) is 2.78. The lowest BCUT2D eigenvalue weighted by Crippen LogP contribution is -2.34. The van der Waals surface area contributed by atoms with Gasteiger partial charge in [-0.1, -0.05) is 80.9 Å². The van der Waals surface area contributed by atoms with E-state index in [1.165, 1.54) is 16.7 Å². The average Bonchev–Trinajstić information content (AvgIpc) is 2.44. The van der Waals surface area contributed by atoms with Crippen LogP contribution in [0, 0.1) is 12.3 Å². The largest absolute Gasteiger partial charge is 0.303 e. The van der Waals surface area contributed by atoms with Crippen molar-refractivity contribution in [3.8, 4) is 0 Å². The number of hydrogen-bond donors (Lipinski definition) is 1. The molecule has 1 nitrogen and oxygen atoms in total. The summed E-state index contributed by atoms with van der Waals surface area (Å²) in [6, 6.07) is 20.2. The Morgan fingerprint density at radius 1 is 0.857 bits per heavy atom. The minimum absolute atomic E-state index is 0.166. The fourth-order valence-electron chi connectivity index (χ4n) is 2.78. The first-order valence-corrected chi connectivity index (χ1v) is 7.75. The van der Waals surface area contributed by atoms with Crippen LogP contribution in [-0.2, 0) is 0 Å². The van der Waals surface area contributed by atoms with E-state index in [4.69, 9.17) is 0 Å². The van der Waals surface area contributed by atoms with Gasteiger partial charge in [-0.3, -0.25) is 0 Å². The molecule has 2 unspecified atom stereocenters. The summed E-state index contributed by atoms with van der Waals surface area (Å²) in [5.41, 5.74) is 4.18. The summed E-state index contributed by atoms with van der Waals surface area (Å²) in [4.78, 5) is 0. The monoisotopic (exact) mass is 281 g/mol. The van der Waals surface area contributed by atoms with E-state index < -0.39 is 0 Å². The van der Waals surface area contributed by atoms with E-state index in [1.54, 1.807) is 0 Å². The zero-order chi connectivity index (χ0) is 15.5. The van der Waals surface area contributed by atoms with Gasteiger partial charge in [-0.25, -0.2) is 0 Å². The molecule has 0 saturated heterocycles. The number of nitrogens with one attached hydrogen (secondary N) is 1. The van der Waals surface area contributed by atoms with E-state index in [0.29, 0.717) is 12.1 Å². The Hall–Kier alpha value is -1.60. The highest BCUT2D eigenvalue weighted by Gasteiger charge is 2.27. The average molecular weight is 281 g/mol. The normalized spacial score (nSPS) is 14.7. The van der Waals surface area contributed by atoms with Crippen LogP contribution in [-0.4, -0.2) is 0 Å². The molecule has 0 heterocycles. The summed E-state index contributed by atoms with van der Waals surface area (Å²) >= 11 is 0. The minimum atomic E-state index is 0.166. The Labute approximate surface area is 129 Å². The molecule has 0 aromatic heterocycles. The highest BCUT2D eigenvalue weighted by atomic mass is 15.0. The van der Waals surface area contributed by atoms with E-state index >= 15 is 0 Å². The predicted molar refractivity (Wildman–Crippen MR) is 91.4 cm³/mol. The van der Waals surface area contributed by atoms with Crippen molar-refractivity contribution in [1.29, 1.82) is 0 Å². The standard InChI is InChI=1S/C20H27N/c1-15-10-9-13-18(14-15)16(2)21-19(20(3,4)5)17-11-7-6-8-12-17/h6-14,16,19,21H,1-5H3. The number of hydrogen-bond acceptors (Lipinski definition) is 1. The first-order chi connectivity index (χ1) is 9.88. The van der Waals surface area contributed by atoms with Gasteiger partial charge >= 0.3 is 0 Å². The molecule has 0 aliphatic rings. The van der Waals surface area contributed by atoms with Gasteiger partial charge in [0.15, 0.2) is 0 Å². The number of aryl methyl sites for hydroxylation is 1. The second-order valence-electron chi connectivity index (χ2n) is 7.01. The van der Waals surface area contributed by atoms with E-state index in [9.17, 15) is 0 Å². The van der Waals surface area contributed by atoms with Crippen LogP contribution in [0.5, 0.6) is 0 Å².